The standard InChI is InChI=1S/C9H18O3/c1-5-9(11,7(2)3)6-8(10)12-4/h7,11H,5-6H2,1-4H3. The zero-order chi connectivity index (χ0) is 9.78. The lowest BCUT2D eigenvalue weighted by atomic mass is 9.85. The summed E-state index contributed by atoms with van der Waals surface area (Å²) in [5.74, 6) is -0.283. The van der Waals surface area contributed by atoms with Gasteiger partial charge in [-0.2, -0.15) is 0 Å². The fourth-order valence-corrected chi connectivity index (χ4v) is 1.06. The van der Waals surface area contributed by atoms with Crippen molar-refractivity contribution in [3.8, 4) is 0 Å². The van der Waals surface area contributed by atoms with Gasteiger partial charge in [-0.15, -0.1) is 0 Å². The van der Waals surface area contributed by atoms with Crippen LogP contribution in [0.15, 0.2) is 0 Å². The van der Waals surface area contributed by atoms with Crippen LogP contribution in [0, 0.1) is 5.92 Å². The molecule has 0 aliphatic heterocycles. The summed E-state index contributed by atoms with van der Waals surface area (Å²) in [5.41, 5.74) is -0.910. The number of esters is 1. The van der Waals surface area contributed by atoms with Gasteiger partial charge in [-0.3, -0.25) is 4.79 Å². The number of carbonyl (C=O) groups excluding carboxylic acids is 1. The molecule has 0 aliphatic rings. The van der Waals surface area contributed by atoms with Crippen LogP contribution in [0.2, 0.25) is 0 Å². The van der Waals surface area contributed by atoms with E-state index < -0.39 is 5.60 Å². The molecule has 0 aromatic carbocycles. The summed E-state index contributed by atoms with van der Waals surface area (Å²) in [4.78, 5) is 10.9. The van der Waals surface area contributed by atoms with Crippen molar-refractivity contribution in [2.45, 2.75) is 39.2 Å². The third kappa shape index (κ3) is 2.81. The largest absolute Gasteiger partial charge is 0.469 e. The highest BCUT2D eigenvalue weighted by Crippen LogP contribution is 2.24. The molecule has 0 aromatic rings. The summed E-state index contributed by atoms with van der Waals surface area (Å²) in [5, 5.41) is 9.90. The fourth-order valence-electron chi connectivity index (χ4n) is 1.06. The second-order valence-corrected chi connectivity index (χ2v) is 3.36. The number of ether oxygens (including phenoxy) is 1. The van der Waals surface area contributed by atoms with E-state index in [-0.39, 0.29) is 18.3 Å². The molecule has 0 heterocycles. The van der Waals surface area contributed by atoms with Crippen molar-refractivity contribution in [1.29, 1.82) is 0 Å². The molecule has 0 saturated carbocycles. The number of rotatable bonds is 4. The molecular formula is C9H18O3. The molecule has 3 heteroatoms. The van der Waals surface area contributed by atoms with E-state index in [0.29, 0.717) is 6.42 Å². The van der Waals surface area contributed by atoms with E-state index in [2.05, 4.69) is 4.74 Å². The van der Waals surface area contributed by atoms with E-state index in [1.165, 1.54) is 7.11 Å². The van der Waals surface area contributed by atoms with Crippen LogP contribution < -0.4 is 0 Å². The van der Waals surface area contributed by atoms with Gasteiger partial charge >= 0.3 is 5.97 Å². The molecule has 3 nitrogen and oxygen atoms in total. The first-order valence-corrected chi connectivity index (χ1v) is 4.25. The molecule has 12 heavy (non-hydrogen) atoms. The predicted molar refractivity (Wildman–Crippen MR) is 46.7 cm³/mol. The topological polar surface area (TPSA) is 46.5 Å². The van der Waals surface area contributed by atoms with E-state index >= 15 is 0 Å². The number of aliphatic hydroxyl groups is 1. The maximum absolute atomic E-state index is 10.9. The Labute approximate surface area is 73.7 Å². The molecule has 0 radical (unpaired) electrons. The molecule has 0 fully saturated rings. The summed E-state index contributed by atoms with van der Waals surface area (Å²) in [6.45, 7) is 5.65. The van der Waals surface area contributed by atoms with Crippen LogP contribution in [0.25, 0.3) is 0 Å². The zero-order valence-corrected chi connectivity index (χ0v) is 8.26. The lowest BCUT2D eigenvalue weighted by Gasteiger charge is -2.29. The molecular weight excluding hydrogens is 156 g/mol. The van der Waals surface area contributed by atoms with Gasteiger partial charge in [-0.05, 0) is 12.3 Å². The third-order valence-electron chi connectivity index (χ3n) is 2.37. The van der Waals surface area contributed by atoms with Crippen LogP contribution in [0.4, 0.5) is 0 Å². The average Bonchev–Trinajstić information content (AvgIpc) is 2.03. The van der Waals surface area contributed by atoms with Crippen molar-refractivity contribution < 1.29 is 14.6 Å². The SMILES string of the molecule is CCC(O)(CC(=O)OC)C(C)C. The molecule has 0 saturated heterocycles. The van der Waals surface area contributed by atoms with Crippen LogP contribution in [0.5, 0.6) is 0 Å². The van der Waals surface area contributed by atoms with Gasteiger partial charge in [0.2, 0.25) is 0 Å². The molecule has 0 rings (SSSR count). The van der Waals surface area contributed by atoms with Gasteiger partial charge in [0, 0.05) is 0 Å². The van der Waals surface area contributed by atoms with Crippen LogP contribution >= 0.6 is 0 Å². The van der Waals surface area contributed by atoms with Gasteiger partial charge in [0.05, 0.1) is 19.1 Å². The molecule has 0 amide bonds. The third-order valence-corrected chi connectivity index (χ3v) is 2.37. The smallest absolute Gasteiger partial charge is 0.308 e. The quantitative estimate of drug-likeness (QED) is 0.654. The van der Waals surface area contributed by atoms with Crippen molar-refractivity contribution in [2.75, 3.05) is 7.11 Å². The summed E-state index contributed by atoms with van der Waals surface area (Å²) < 4.78 is 4.50. The van der Waals surface area contributed by atoms with E-state index in [1.54, 1.807) is 0 Å². The second-order valence-electron chi connectivity index (χ2n) is 3.36. The van der Waals surface area contributed by atoms with Gasteiger partial charge in [-0.25, -0.2) is 0 Å². The highest BCUT2D eigenvalue weighted by Gasteiger charge is 2.31. The Balaban J connectivity index is 4.23. The maximum Gasteiger partial charge on any atom is 0.308 e. The van der Waals surface area contributed by atoms with Gasteiger partial charge in [-0.1, -0.05) is 20.8 Å². The first kappa shape index (κ1) is 11.4. The molecule has 1 unspecified atom stereocenters. The van der Waals surface area contributed by atoms with Crippen molar-refractivity contribution in [2.24, 2.45) is 5.92 Å². The lowest BCUT2D eigenvalue weighted by molar-refractivity contribution is -0.148. The number of hydrogen-bond donors (Lipinski definition) is 1. The molecule has 0 aromatic heterocycles. The monoisotopic (exact) mass is 174 g/mol. The summed E-state index contributed by atoms with van der Waals surface area (Å²) >= 11 is 0. The normalized spacial score (nSPS) is 15.8. The van der Waals surface area contributed by atoms with Gasteiger partial charge in [0.25, 0.3) is 0 Å². The molecule has 0 spiro atoms. The molecule has 1 N–H and O–H groups in total. The van der Waals surface area contributed by atoms with Crippen molar-refractivity contribution in [3.05, 3.63) is 0 Å². The Bertz CT molecular complexity index is 154. The summed E-state index contributed by atoms with van der Waals surface area (Å²) in [6.07, 6.45) is 0.650. The minimum Gasteiger partial charge on any atom is -0.469 e. The predicted octanol–water partition coefficient (Wildman–Crippen LogP) is 1.35. The minimum atomic E-state index is -0.910. The average molecular weight is 174 g/mol. The summed E-state index contributed by atoms with van der Waals surface area (Å²) in [6, 6.07) is 0. The van der Waals surface area contributed by atoms with Crippen LogP contribution in [-0.4, -0.2) is 23.8 Å². The van der Waals surface area contributed by atoms with E-state index in [0.717, 1.165) is 0 Å². The van der Waals surface area contributed by atoms with Crippen LogP contribution in [-0.2, 0) is 9.53 Å². The van der Waals surface area contributed by atoms with Crippen molar-refractivity contribution in [3.63, 3.8) is 0 Å². The van der Waals surface area contributed by atoms with Gasteiger partial charge < -0.3 is 9.84 Å². The molecule has 0 bridgehead atoms. The van der Waals surface area contributed by atoms with Gasteiger partial charge in [0.1, 0.15) is 0 Å². The highest BCUT2D eigenvalue weighted by atomic mass is 16.5. The number of methoxy groups -OCH3 is 1. The van der Waals surface area contributed by atoms with Crippen molar-refractivity contribution in [1.82, 2.24) is 0 Å². The van der Waals surface area contributed by atoms with Crippen LogP contribution in [0.1, 0.15) is 33.6 Å². The van der Waals surface area contributed by atoms with Gasteiger partial charge in [0.15, 0.2) is 0 Å². The zero-order valence-electron chi connectivity index (χ0n) is 8.26. The lowest BCUT2D eigenvalue weighted by Crippen LogP contribution is -2.37. The Kier molecular flexibility index (Phi) is 4.24. The summed E-state index contributed by atoms with van der Waals surface area (Å²) in [7, 11) is 1.33. The fraction of sp³-hybridized carbons (Fsp3) is 0.889. The molecule has 0 aliphatic carbocycles. The van der Waals surface area contributed by atoms with E-state index in [9.17, 15) is 9.90 Å². The highest BCUT2D eigenvalue weighted by molar-refractivity contribution is 5.70. The first-order valence-electron chi connectivity index (χ1n) is 4.25. The Morgan fingerprint density at radius 3 is 2.33 bits per heavy atom. The Morgan fingerprint density at radius 1 is 1.58 bits per heavy atom. The van der Waals surface area contributed by atoms with E-state index in [4.69, 9.17) is 0 Å². The van der Waals surface area contributed by atoms with Crippen molar-refractivity contribution >= 4 is 5.97 Å². The Morgan fingerprint density at radius 2 is 2.08 bits per heavy atom. The second kappa shape index (κ2) is 4.45. The molecule has 1 atom stereocenters. The minimum absolute atomic E-state index is 0.0709. The van der Waals surface area contributed by atoms with E-state index in [1.807, 2.05) is 20.8 Å². The maximum atomic E-state index is 10.9. The van der Waals surface area contributed by atoms with Crippen LogP contribution in [0.3, 0.4) is 0 Å². The number of hydrogen-bond acceptors (Lipinski definition) is 3. The number of carbonyl (C=O) groups is 1. The molecule has 72 valence electrons. The Hall–Kier alpha value is -0.570. The first-order chi connectivity index (χ1) is 5.46.